The Labute approximate surface area is 266 Å². The number of para-hydroxylation sites is 1. The molecule has 216 valence electrons. The van der Waals surface area contributed by atoms with Gasteiger partial charge in [0.05, 0.1) is 10.2 Å². The highest BCUT2D eigenvalue weighted by Crippen LogP contribution is 2.51. The number of aromatic nitrogens is 2. The average molecular weight is 598 g/mol. The smallest absolute Gasteiger partial charge is 0.124 e. The van der Waals surface area contributed by atoms with Crippen LogP contribution in [0.25, 0.3) is 53.7 Å². The third-order valence-corrected chi connectivity index (χ3v) is 10.5. The molecule has 0 bridgehead atoms. The van der Waals surface area contributed by atoms with Gasteiger partial charge in [0, 0.05) is 56.3 Å². The SMILES string of the molecule is CC1(C)C2=C(CC=CC=C2)N(c2ccccc2)c2ccc(-c3ccc4[nH]c5cc6nc(-c7ccccc7)sc6cc5c4c3)cc21. The van der Waals surface area contributed by atoms with Crippen LogP contribution in [0.3, 0.4) is 0 Å². The molecule has 1 N–H and O–H groups in total. The molecular formula is C41H31N3S. The van der Waals surface area contributed by atoms with Crippen molar-refractivity contribution in [1.29, 1.82) is 0 Å². The molecule has 9 rings (SSSR count). The van der Waals surface area contributed by atoms with Crippen molar-refractivity contribution in [1.82, 2.24) is 9.97 Å². The van der Waals surface area contributed by atoms with Crippen LogP contribution < -0.4 is 4.90 Å². The number of nitrogens with zero attached hydrogens (tertiary/aromatic N) is 2. The van der Waals surface area contributed by atoms with Gasteiger partial charge in [-0.2, -0.15) is 0 Å². The molecule has 45 heavy (non-hydrogen) atoms. The summed E-state index contributed by atoms with van der Waals surface area (Å²) in [5.74, 6) is 0. The highest BCUT2D eigenvalue weighted by molar-refractivity contribution is 7.21. The van der Waals surface area contributed by atoms with E-state index in [1.165, 1.54) is 54.8 Å². The first-order chi connectivity index (χ1) is 22.0. The summed E-state index contributed by atoms with van der Waals surface area (Å²) in [5, 5.41) is 3.54. The van der Waals surface area contributed by atoms with Crippen molar-refractivity contribution in [2.24, 2.45) is 0 Å². The minimum atomic E-state index is -0.145. The lowest BCUT2D eigenvalue weighted by Crippen LogP contribution is -2.33. The van der Waals surface area contributed by atoms with Gasteiger partial charge in [0.15, 0.2) is 0 Å². The molecule has 3 heterocycles. The fourth-order valence-electron chi connectivity index (χ4n) is 7.18. The van der Waals surface area contributed by atoms with E-state index in [0.29, 0.717) is 0 Å². The third kappa shape index (κ3) is 4.13. The number of hydrogen-bond acceptors (Lipinski definition) is 3. The molecule has 0 unspecified atom stereocenters. The summed E-state index contributed by atoms with van der Waals surface area (Å²) >= 11 is 1.76. The second-order valence-electron chi connectivity index (χ2n) is 12.5. The van der Waals surface area contributed by atoms with Crippen LogP contribution in [0.2, 0.25) is 0 Å². The Morgan fingerprint density at radius 2 is 1.49 bits per heavy atom. The molecule has 7 aromatic rings. The Morgan fingerprint density at radius 3 is 2.33 bits per heavy atom. The average Bonchev–Trinajstić information content (AvgIpc) is 3.55. The molecule has 0 amide bonds. The quantitative estimate of drug-likeness (QED) is 0.220. The molecule has 3 nitrogen and oxygen atoms in total. The van der Waals surface area contributed by atoms with Crippen molar-refractivity contribution in [3.63, 3.8) is 0 Å². The van der Waals surface area contributed by atoms with Gasteiger partial charge in [-0.3, -0.25) is 0 Å². The van der Waals surface area contributed by atoms with Gasteiger partial charge in [0.1, 0.15) is 5.01 Å². The van der Waals surface area contributed by atoms with Crippen molar-refractivity contribution < 1.29 is 0 Å². The molecule has 2 aromatic heterocycles. The largest absolute Gasteiger partial charge is 0.354 e. The van der Waals surface area contributed by atoms with Gasteiger partial charge in [0.25, 0.3) is 0 Å². The first-order valence-electron chi connectivity index (χ1n) is 15.5. The zero-order chi connectivity index (χ0) is 30.1. The Balaban J connectivity index is 1.18. The van der Waals surface area contributed by atoms with Crippen molar-refractivity contribution >= 4 is 54.7 Å². The van der Waals surface area contributed by atoms with Crippen molar-refractivity contribution in [3.05, 3.63) is 150 Å². The van der Waals surface area contributed by atoms with E-state index in [0.717, 1.165) is 33.5 Å². The van der Waals surface area contributed by atoms with Crippen LogP contribution >= 0.6 is 11.3 Å². The normalized spacial score (nSPS) is 15.6. The van der Waals surface area contributed by atoms with Gasteiger partial charge in [0.2, 0.25) is 0 Å². The third-order valence-electron chi connectivity index (χ3n) is 9.46. The molecule has 2 aliphatic rings. The minimum absolute atomic E-state index is 0.145. The highest BCUT2D eigenvalue weighted by atomic mass is 32.1. The number of fused-ring (bicyclic) bond motifs is 5. The molecule has 4 heteroatoms. The predicted molar refractivity (Wildman–Crippen MR) is 191 cm³/mol. The van der Waals surface area contributed by atoms with Crippen molar-refractivity contribution in [2.45, 2.75) is 25.7 Å². The molecule has 5 aromatic carbocycles. The fraction of sp³-hybridized carbons (Fsp3) is 0.0976. The minimum Gasteiger partial charge on any atom is -0.354 e. The fourth-order valence-corrected chi connectivity index (χ4v) is 8.17. The molecule has 0 saturated carbocycles. The molecule has 0 saturated heterocycles. The maximum Gasteiger partial charge on any atom is 0.124 e. The van der Waals surface area contributed by atoms with Gasteiger partial charge < -0.3 is 9.88 Å². The summed E-state index contributed by atoms with van der Waals surface area (Å²) in [6, 6.07) is 39.6. The lowest BCUT2D eigenvalue weighted by Gasteiger charge is -2.43. The lowest BCUT2D eigenvalue weighted by molar-refractivity contribution is 0.615. The Hall–Kier alpha value is -5.19. The summed E-state index contributed by atoms with van der Waals surface area (Å²) < 4.78 is 1.21. The topological polar surface area (TPSA) is 31.9 Å². The van der Waals surface area contributed by atoms with Gasteiger partial charge in [-0.1, -0.05) is 98.8 Å². The Kier molecular flexibility index (Phi) is 5.78. The number of H-pyrrole nitrogens is 1. The summed E-state index contributed by atoms with van der Waals surface area (Å²) in [4.78, 5) is 11.1. The molecule has 0 radical (unpaired) electrons. The number of benzene rings is 5. The van der Waals surface area contributed by atoms with Gasteiger partial charge in [-0.25, -0.2) is 4.98 Å². The van der Waals surface area contributed by atoms with Gasteiger partial charge in [-0.05, 0) is 70.8 Å². The summed E-state index contributed by atoms with van der Waals surface area (Å²) in [6.07, 6.45) is 9.84. The number of hydrogen-bond donors (Lipinski definition) is 1. The maximum absolute atomic E-state index is 4.97. The van der Waals surface area contributed by atoms with E-state index in [4.69, 9.17) is 4.98 Å². The number of allylic oxidation sites excluding steroid dienone is 5. The van der Waals surface area contributed by atoms with Crippen LogP contribution in [0.1, 0.15) is 25.8 Å². The molecule has 0 fully saturated rings. The van der Waals surface area contributed by atoms with Crippen molar-refractivity contribution in [3.8, 4) is 21.7 Å². The monoisotopic (exact) mass is 597 g/mol. The van der Waals surface area contributed by atoms with Gasteiger partial charge >= 0.3 is 0 Å². The second kappa shape index (κ2) is 9.91. The van der Waals surface area contributed by atoms with E-state index in [-0.39, 0.29) is 5.41 Å². The Bertz CT molecular complexity index is 2370. The maximum atomic E-state index is 4.97. The van der Waals surface area contributed by atoms with Crippen LogP contribution in [0.15, 0.2) is 145 Å². The number of thiazole rings is 1. The molecule has 0 spiro atoms. The number of rotatable bonds is 3. The van der Waals surface area contributed by atoms with Crippen LogP contribution in [0.5, 0.6) is 0 Å². The summed E-state index contributed by atoms with van der Waals surface area (Å²) in [5.41, 5.74) is 13.3. The first-order valence-corrected chi connectivity index (χ1v) is 16.3. The summed E-state index contributed by atoms with van der Waals surface area (Å²) in [7, 11) is 0. The van der Waals surface area contributed by atoms with Crippen LogP contribution in [0.4, 0.5) is 11.4 Å². The summed E-state index contributed by atoms with van der Waals surface area (Å²) in [6.45, 7) is 4.74. The molecule has 1 aliphatic heterocycles. The van der Waals surface area contributed by atoms with E-state index in [1.54, 1.807) is 11.3 Å². The van der Waals surface area contributed by atoms with E-state index >= 15 is 0 Å². The van der Waals surface area contributed by atoms with E-state index in [9.17, 15) is 0 Å². The number of nitrogens with one attached hydrogen (secondary N) is 1. The number of aromatic amines is 1. The van der Waals surface area contributed by atoms with E-state index in [2.05, 4.69) is 151 Å². The van der Waals surface area contributed by atoms with Crippen LogP contribution in [-0.2, 0) is 5.41 Å². The standard InChI is InChI=1S/C41H31N3S/c1-41(2)32-16-10-5-11-17-37(32)44(29-14-8-4-9-15-29)38-21-19-28(23-33(38)41)27-18-20-34-30(22-27)31-24-39-36(25-35(31)42-34)43-40(45-39)26-12-6-3-7-13-26/h3-16,18-25,42H,17H2,1-2H3. The molecule has 0 atom stereocenters. The van der Waals surface area contributed by atoms with Crippen LogP contribution in [0, 0.1) is 0 Å². The zero-order valence-corrected chi connectivity index (χ0v) is 26.0. The second-order valence-corrected chi connectivity index (χ2v) is 13.5. The highest BCUT2D eigenvalue weighted by Gasteiger charge is 2.38. The first kappa shape index (κ1) is 26.2. The number of anilines is 2. The molecular weight excluding hydrogens is 567 g/mol. The van der Waals surface area contributed by atoms with E-state index < -0.39 is 0 Å². The zero-order valence-electron chi connectivity index (χ0n) is 25.2. The Morgan fingerprint density at radius 1 is 0.733 bits per heavy atom. The van der Waals surface area contributed by atoms with Crippen molar-refractivity contribution in [2.75, 3.05) is 4.90 Å². The molecule has 1 aliphatic carbocycles. The van der Waals surface area contributed by atoms with Crippen LogP contribution in [-0.4, -0.2) is 9.97 Å². The van der Waals surface area contributed by atoms with Gasteiger partial charge in [-0.15, -0.1) is 11.3 Å². The predicted octanol–water partition coefficient (Wildman–Crippen LogP) is 11.5. The lowest BCUT2D eigenvalue weighted by atomic mass is 9.72. The van der Waals surface area contributed by atoms with E-state index in [1.807, 2.05) is 6.07 Å².